The van der Waals surface area contributed by atoms with Gasteiger partial charge in [-0.05, 0) is 19.1 Å². The fourth-order valence-corrected chi connectivity index (χ4v) is 1.04. The van der Waals surface area contributed by atoms with Crippen molar-refractivity contribution in [2.75, 3.05) is 11.9 Å². The third kappa shape index (κ3) is 2.53. The van der Waals surface area contributed by atoms with Gasteiger partial charge in [0.2, 0.25) is 0 Å². The van der Waals surface area contributed by atoms with Gasteiger partial charge in [0.25, 0.3) is 5.82 Å². The number of amides is 1. The highest BCUT2D eigenvalue weighted by molar-refractivity contribution is 7.80. The molecule has 0 radical (unpaired) electrons. The number of carbonyl (C=O) groups is 1. The number of nitrogens with one attached hydrogen (secondary N) is 1. The van der Waals surface area contributed by atoms with Crippen molar-refractivity contribution >= 4 is 24.5 Å². The van der Waals surface area contributed by atoms with Gasteiger partial charge in [-0.2, -0.15) is 10.1 Å². The number of anilines is 1. The maximum absolute atomic E-state index is 11.3. The highest BCUT2D eigenvalue weighted by atomic mass is 32.1. The van der Waals surface area contributed by atoms with Gasteiger partial charge < -0.3 is 9.94 Å². The third-order valence-electron chi connectivity index (χ3n) is 1.43. The van der Waals surface area contributed by atoms with E-state index in [1.54, 1.807) is 13.0 Å². The molecular formula is C8H10N2O3S. The van der Waals surface area contributed by atoms with Crippen molar-refractivity contribution in [1.82, 2.24) is 0 Å². The Balaban J connectivity index is 2.76. The molecule has 6 heteroatoms. The summed E-state index contributed by atoms with van der Waals surface area (Å²) in [5.41, 5.74) is 0. The largest absolute Gasteiger partial charge is 0.710 e. The van der Waals surface area contributed by atoms with E-state index in [4.69, 9.17) is 0 Å². The summed E-state index contributed by atoms with van der Waals surface area (Å²) in [5, 5.41) is 13.8. The number of hydrogen-bond acceptors (Lipinski definition) is 4. The van der Waals surface area contributed by atoms with Crippen LogP contribution < -0.4 is 10.0 Å². The lowest BCUT2D eigenvalue weighted by Gasteiger charge is -2.09. The van der Waals surface area contributed by atoms with Gasteiger partial charge in [-0.1, -0.05) is 0 Å². The Morgan fingerprint density at radius 3 is 3.07 bits per heavy atom. The molecule has 0 aliphatic carbocycles. The van der Waals surface area contributed by atoms with Gasteiger partial charge in [0.1, 0.15) is 0 Å². The zero-order chi connectivity index (χ0) is 10.6. The first kappa shape index (κ1) is 10.6. The highest BCUT2D eigenvalue weighted by Crippen LogP contribution is 2.05. The minimum atomic E-state index is -0.656. The Morgan fingerprint density at radius 2 is 2.43 bits per heavy atom. The summed E-state index contributed by atoms with van der Waals surface area (Å²) in [7, 11) is 0. The van der Waals surface area contributed by atoms with Gasteiger partial charge in [-0.15, -0.1) is 12.6 Å². The monoisotopic (exact) mass is 214 g/mol. The molecule has 5 nitrogen and oxygen atoms in total. The average Bonchev–Trinajstić information content (AvgIpc) is 2.13. The smallest absolute Gasteiger partial charge is 0.504 e. The Bertz CT molecular complexity index is 343. The zero-order valence-corrected chi connectivity index (χ0v) is 8.45. The summed E-state index contributed by atoms with van der Waals surface area (Å²) in [5.74, 6) is 0.0935. The normalized spacial score (nSPS) is 9.57. The second kappa shape index (κ2) is 4.71. The van der Waals surface area contributed by atoms with Gasteiger partial charge in [0.05, 0.1) is 6.61 Å². The quantitative estimate of drug-likeness (QED) is 0.441. The molecule has 0 spiro atoms. The molecular weight excluding hydrogens is 204 g/mol. The van der Waals surface area contributed by atoms with Crippen LogP contribution >= 0.6 is 12.6 Å². The summed E-state index contributed by atoms with van der Waals surface area (Å²) >= 11 is 3.90. The molecule has 0 aliphatic rings. The van der Waals surface area contributed by atoms with Gasteiger partial charge in [-0.25, -0.2) is 4.73 Å². The standard InChI is InChI=1S/C8H10N2O3S/c1-2-13-8(11)9-6-4-3-5-7(14)10(6)12/h3-5,14H,2H2,1H3,(H,9,11). The summed E-state index contributed by atoms with van der Waals surface area (Å²) in [4.78, 5) is 11.0. The molecule has 1 rings (SSSR count). The van der Waals surface area contributed by atoms with E-state index in [-0.39, 0.29) is 17.5 Å². The van der Waals surface area contributed by atoms with Crippen molar-refractivity contribution in [3.05, 3.63) is 23.4 Å². The van der Waals surface area contributed by atoms with Crippen LogP contribution in [0.25, 0.3) is 0 Å². The van der Waals surface area contributed by atoms with Crippen molar-refractivity contribution < 1.29 is 14.3 Å². The van der Waals surface area contributed by atoms with E-state index in [1.807, 2.05) is 0 Å². The number of carbonyl (C=O) groups excluding carboxylic acids is 1. The van der Waals surface area contributed by atoms with E-state index in [0.717, 1.165) is 0 Å². The topological polar surface area (TPSA) is 65.3 Å². The summed E-state index contributed by atoms with van der Waals surface area (Å²) in [6.45, 7) is 1.94. The average molecular weight is 214 g/mol. The maximum Gasteiger partial charge on any atom is 0.504 e. The second-order valence-electron chi connectivity index (χ2n) is 2.41. The first-order valence-corrected chi connectivity index (χ1v) is 4.45. The number of nitrogens with zero attached hydrogens (tertiary/aromatic N) is 1. The first-order valence-electron chi connectivity index (χ1n) is 4.00. The number of aromatic nitrogens is 1. The molecule has 0 aromatic carbocycles. The van der Waals surface area contributed by atoms with Crippen LogP contribution in [-0.4, -0.2) is 12.7 Å². The molecule has 1 heterocycles. The third-order valence-corrected chi connectivity index (χ3v) is 1.76. The van der Waals surface area contributed by atoms with E-state index in [2.05, 4.69) is 22.7 Å². The molecule has 0 bridgehead atoms. The zero-order valence-electron chi connectivity index (χ0n) is 7.56. The fourth-order valence-electron chi connectivity index (χ4n) is 0.848. The molecule has 1 aromatic heterocycles. The predicted molar refractivity (Wildman–Crippen MR) is 53.3 cm³/mol. The molecule has 0 fully saturated rings. The van der Waals surface area contributed by atoms with E-state index in [9.17, 15) is 10.0 Å². The van der Waals surface area contributed by atoms with Gasteiger partial charge in [-0.3, -0.25) is 0 Å². The molecule has 1 amide bonds. The molecule has 0 saturated carbocycles. The summed E-state index contributed by atoms with van der Waals surface area (Å²) in [6.07, 6.45) is -0.656. The van der Waals surface area contributed by atoms with Crippen LogP contribution in [0.3, 0.4) is 0 Å². The molecule has 0 atom stereocenters. The number of hydrogen-bond donors (Lipinski definition) is 2. The van der Waals surface area contributed by atoms with Crippen molar-refractivity contribution in [1.29, 1.82) is 0 Å². The Labute approximate surface area is 86.7 Å². The molecule has 1 N–H and O–H groups in total. The van der Waals surface area contributed by atoms with Crippen LogP contribution in [0.2, 0.25) is 0 Å². The Kier molecular flexibility index (Phi) is 3.58. The number of ether oxygens (including phenoxy) is 1. The predicted octanol–water partition coefficient (Wildman–Crippen LogP) is 1.18. The van der Waals surface area contributed by atoms with Gasteiger partial charge in [0, 0.05) is 6.07 Å². The number of rotatable bonds is 2. The molecule has 0 saturated heterocycles. The van der Waals surface area contributed by atoms with Gasteiger partial charge in [0.15, 0.2) is 5.03 Å². The minimum absolute atomic E-state index is 0.0935. The molecule has 0 aliphatic heterocycles. The summed E-state index contributed by atoms with van der Waals surface area (Å²) in [6, 6.07) is 4.59. The van der Waals surface area contributed by atoms with Crippen LogP contribution in [0.4, 0.5) is 10.6 Å². The SMILES string of the molecule is CCOC(=O)Nc1cccc(S)[n+]1[O-]. The first-order chi connectivity index (χ1) is 6.65. The van der Waals surface area contributed by atoms with E-state index < -0.39 is 6.09 Å². The lowest BCUT2D eigenvalue weighted by atomic mass is 10.4. The Hall–Kier alpha value is -1.43. The van der Waals surface area contributed by atoms with Gasteiger partial charge >= 0.3 is 6.09 Å². The van der Waals surface area contributed by atoms with Crippen molar-refractivity contribution in [2.24, 2.45) is 0 Å². The highest BCUT2D eigenvalue weighted by Gasteiger charge is 2.12. The minimum Gasteiger partial charge on any atom is -0.710 e. The van der Waals surface area contributed by atoms with E-state index in [0.29, 0.717) is 4.73 Å². The van der Waals surface area contributed by atoms with Crippen LogP contribution in [0.15, 0.2) is 23.2 Å². The van der Waals surface area contributed by atoms with Crippen molar-refractivity contribution in [3.63, 3.8) is 0 Å². The molecule has 14 heavy (non-hydrogen) atoms. The van der Waals surface area contributed by atoms with Crippen LogP contribution in [-0.2, 0) is 4.74 Å². The molecule has 1 aromatic rings. The van der Waals surface area contributed by atoms with Crippen LogP contribution in [0, 0.1) is 5.21 Å². The summed E-state index contributed by atoms with van der Waals surface area (Å²) < 4.78 is 5.11. The Morgan fingerprint density at radius 1 is 1.71 bits per heavy atom. The maximum atomic E-state index is 11.3. The van der Waals surface area contributed by atoms with Crippen molar-refractivity contribution in [2.45, 2.75) is 11.9 Å². The second-order valence-corrected chi connectivity index (χ2v) is 2.87. The number of pyridine rings is 1. The van der Waals surface area contributed by atoms with E-state index in [1.165, 1.54) is 12.1 Å². The lowest BCUT2D eigenvalue weighted by Crippen LogP contribution is -2.34. The van der Waals surface area contributed by atoms with E-state index >= 15 is 0 Å². The lowest BCUT2D eigenvalue weighted by molar-refractivity contribution is -0.630. The van der Waals surface area contributed by atoms with Crippen LogP contribution in [0.5, 0.6) is 0 Å². The fraction of sp³-hybridized carbons (Fsp3) is 0.250. The molecule has 76 valence electrons. The van der Waals surface area contributed by atoms with Crippen LogP contribution in [0.1, 0.15) is 6.92 Å². The number of thiol groups is 1. The molecule has 0 unspecified atom stereocenters. The van der Waals surface area contributed by atoms with Crippen molar-refractivity contribution in [3.8, 4) is 0 Å².